The van der Waals surface area contributed by atoms with Gasteiger partial charge >= 0.3 is 12.1 Å². The predicted octanol–water partition coefficient (Wildman–Crippen LogP) is 3.49. The van der Waals surface area contributed by atoms with Gasteiger partial charge < -0.3 is 5.11 Å². The lowest BCUT2D eigenvalue weighted by atomic mass is 10.1. The maximum absolute atomic E-state index is 12.9. The van der Waals surface area contributed by atoms with Crippen LogP contribution in [0.1, 0.15) is 16.7 Å². The van der Waals surface area contributed by atoms with Crippen molar-refractivity contribution in [1.82, 2.24) is 9.21 Å². The molecule has 0 aromatic heterocycles. The molecular weight excluding hydrogens is 457 g/mol. The largest absolute Gasteiger partial charge is 0.481 e. The van der Waals surface area contributed by atoms with Crippen LogP contribution < -0.4 is 0 Å². The summed E-state index contributed by atoms with van der Waals surface area (Å²) in [6, 6.07) is 9.45. The van der Waals surface area contributed by atoms with Crippen molar-refractivity contribution in [3.63, 3.8) is 0 Å². The van der Waals surface area contributed by atoms with Crippen molar-refractivity contribution in [1.29, 1.82) is 0 Å². The number of rotatable bonds is 6. The molecule has 1 N–H and O–H groups in total. The highest BCUT2D eigenvalue weighted by Gasteiger charge is 2.33. The molecule has 168 valence electrons. The molecule has 2 aromatic carbocycles. The topological polar surface area (TPSA) is 77.9 Å². The smallest absolute Gasteiger partial charge is 0.417 e. The zero-order chi connectivity index (χ0) is 22.8. The molecule has 0 unspecified atom stereocenters. The van der Waals surface area contributed by atoms with Gasteiger partial charge in [-0.15, -0.1) is 0 Å². The van der Waals surface area contributed by atoms with Crippen LogP contribution in [0.4, 0.5) is 13.2 Å². The van der Waals surface area contributed by atoms with E-state index in [-0.39, 0.29) is 29.4 Å². The second kappa shape index (κ2) is 9.15. The summed E-state index contributed by atoms with van der Waals surface area (Å²) in [6.45, 7) is 1.55. The fourth-order valence-corrected chi connectivity index (χ4v) is 5.22. The zero-order valence-corrected chi connectivity index (χ0v) is 17.8. The maximum atomic E-state index is 12.9. The minimum Gasteiger partial charge on any atom is -0.481 e. The number of sulfonamides is 1. The lowest BCUT2D eigenvalue weighted by molar-refractivity contribution is -0.138. The van der Waals surface area contributed by atoms with Crippen molar-refractivity contribution >= 4 is 27.6 Å². The van der Waals surface area contributed by atoms with Gasteiger partial charge in [0.25, 0.3) is 0 Å². The average molecular weight is 477 g/mol. The van der Waals surface area contributed by atoms with Gasteiger partial charge in [0.2, 0.25) is 10.0 Å². The summed E-state index contributed by atoms with van der Waals surface area (Å²) in [4.78, 5) is 12.8. The standard InChI is InChI=1S/C20H20ClF3N2O4S/c21-18-11-15(4-5-17(18)20(22,23)24)13-25-6-8-26(9-7-25)31(29,30)16-3-1-2-14(10-16)12-19(27)28/h1-5,10-11H,6-9,12-13H2,(H,27,28). The van der Waals surface area contributed by atoms with Gasteiger partial charge in [0.15, 0.2) is 0 Å². The second-order valence-electron chi connectivity index (χ2n) is 7.21. The van der Waals surface area contributed by atoms with Crippen LogP contribution in [-0.2, 0) is 34.0 Å². The van der Waals surface area contributed by atoms with Crippen LogP contribution in [0.3, 0.4) is 0 Å². The Morgan fingerprint density at radius 2 is 1.71 bits per heavy atom. The monoisotopic (exact) mass is 476 g/mol. The van der Waals surface area contributed by atoms with Gasteiger partial charge in [-0.25, -0.2) is 8.42 Å². The second-order valence-corrected chi connectivity index (χ2v) is 9.56. The molecule has 0 atom stereocenters. The van der Waals surface area contributed by atoms with Crippen molar-refractivity contribution in [2.75, 3.05) is 26.2 Å². The van der Waals surface area contributed by atoms with Crippen LogP contribution in [0.2, 0.25) is 5.02 Å². The summed E-state index contributed by atoms with van der Waals surface area (Å²) < 4.78 is 65.6. The Bertz CT molecular complexity index is 1070. The minimum atomic E-state index is -4.52. The Morgan fingerprint density at radius 3 is 2.29 bits per heavy atom. The highest BCUT2D eigenvalue weighted by Crippen LogP contribution is 2.35. The third kappa shape index (κ3) is 5.76. The average Bonchev–Trinajstić information content (AvgIpc) is 2.67. The first-order chi connectivity index (χ1) is 14.5. The van der Waals surface area contributed by atoms with Gasteiger partial charge in [-0.2, -0.15) is 17.5 Å². The van der Waals surface area contributed by atoms with Crippen molar-refractivity contribution in [3.8, 4) is 0 Å². The number of piperazine rings is 1. The van der Waals surface area contributed by atoms with E-state index < -0.39 is 27.7 Å². The Hall–Kier alpha value is -2.14. The highest BCUT2D eigenvalue weighted by atomic mass is 35.5. The van der Waals surface area contributed by atoms with Gasteiger partial charge in [-0.1, -0.05) is 29.8 Å². The minimum absolute atomic E-state index is 0.0363. The van der Waals surface area contributed by atoms with E-state index in [0.29, 0.717) is 30.8 Å². The maximum Gasteiger partial charge on any atom is 0.417 e. The third-order valence-corrected chi connectivity index (χ3v) is 7.18. The summed E-state index contributed by atoms with van der Waals surface area (Å²) in [5.74, 6) is -1.05. The van der Waals surface area contributed by atoms with Gasteiger partial charge in [0.1, 0.15) is 0 Å². The van der Waals surface area contributed by atoms with E-state index in [9.17, 15) is 26.4 Å². The lowest BCUT2D eigenvalue weighted by Gasteiger charge is -2.34. The quantitative estimate of drug-likeness (QED) is 0.690. The summed E-state index contributed by atoms with van der Waals surface area (Å²) in [7, 11) is -3.78. The lowest BCUT2D eigenvalue weighted by Crippen LogP contribution is -2.48. The first-order valence-corrected chi connectivity index (χ1v) is 11.2. The summed E-state index contributed by atoms with van der Waals surface area (Å²) >= 11 is 5.76. The first-order valence-electron chi connectivity index (χ1n) is 9.35. The Balaban J connectivity index is 1.64. The number of aliphatic carboxylic acids is 1. The molecule has 0 aliphatic carbocycles. The van der Waals surface area contributed by atoms with E-state index in [0.717, 1.165) is 6.07 Å². The van der Waals surface area contributed by atoms with Gasteiger partial charge in [-0.05, 0) is 35.4 Å². The molecule has 1 fully saturated rings. The molecule has 31 heavy (non-hydrogen) atoms. The molecule has 1 heterocycles. The fourth-order valence-electron chi connectivity index (χ4n) is 3.41. The number of carboxylic acids is 1. The van der Waals surface area contributed by atoms with Crippen LogP contribution in [0.25, 0.3) is 0 Å². The molecule has 0 bridgehead atoms. The summed E-state index contributed by atoms with van der Waals surface area (Å²) in [5, 5.41) is 8.53. The molecule has 3 rings (SSSR count). The number of halogens is 4. The zero-order valence-electron chi connectivity index (χ0n) is 16.3. The van der Waals surface area contributed by atoms with Crippen LogP contribution >= 0.6 is 11.6 Å². The van der Waals surface area contributed by atoms with Gasteiger partial charge in [-0.3, -0.25) is 9.69 Å². The Morgan fingerprint density at radius 1 is 1.03 bits per heavy atom. The number of carbonyl (C=O) groups is 1. The van der Waals surface area contributed by atoms with Crippen molar-refractivity contribution in [3.05, 3.63) is 64.2 Å². The SMILES string of the molecule is O=C(O)Cc1cccc(S(=O)(=O)N2CCN(Cc3ccc(C(F)(F)F)c(Cl)c3)CC2)c1. The number of nitrogens with zero attached hydrogens (tertiary/aromatic N) is 2. The molecule has 0 radical (unpaired) electrons. The molecule has 1 saturated heterocycles. The predicted molar refractivity (Wildman–Crippen MR) is 108 cm³/mol. The van der Waals surface area contributed by atoms with Crippen molar-refractivity contribution in [2.45, 2.75) is 24.0 Å². The molecule has 1 aliphatic rings. The van der Waals surface area contributed by atoms with Crippen LogP contribution in [0.5, 0.6) is 0 Å². The van der Waals surface area contributed by atoms with E-state index >= 15 is 0 Å². The molecule has 11 heteroatoms. The number of hydrogen-bond acceptors (Lipinski definition) is 4. The number of hydrogen-bond donors (Lipinski definition) is 1. The van der Waals surface area contributed by atoms with E-state index in [1.54, 1.807) is 6.07 Å². The highest BCUT2D eigenvalue weighted by molar-refractivity contribution is 7.89. The van der Waals surface area contributed by atoms with Crippen LogP contribution in [0.15, 0.2) is 47.4 Å². The van der Waals surface area contributed by atoms with Crippen LogP contribution in [-0.4, -0.2) is 54.9 Å². The molecule has 1 aliphatic heterocycles. The summed E-state index contributed by atoms with van der Waals surface area (Å²) in [6.07, 6.45) is -4.79. The van der Waals surface area contributed by atoms with Crippen LogP contribution in [0, 0.1) is 0 Å². The van der Waals surface area contributed by atoms with E-state index in [4.69, 9.17) is 16.7 Å². The Labute approximate surface area is 182 Å². The molecule has 0 amide bonds. The molecular formula is C20H20ClF3N2O4S. The Kier molecular flexibility index (Phi) is 6.95. The fraction of sp³-hybridized carbons (Fsp3) is 0.350. The third-order valence-electron chi connectivity index (χ3n) is 4.97. The number of carboxylic acid groups (broad SMARTS) is 1. The van der Waals surface area contributed by atoms with E-state index in [2.05, 4.69) is 0 Å². The molecule has 2 aromatic rings. The summed E-state index contributed by atoms with van der Waals surface area (Å²) in [5.41, 5.74) is 0.112. The van der Waals surface area contributed by atoms with Crippen molar-refractivity contribution < 1.29 is 31.5 Å². The van der Waals surface area contributed by atoms with Gasteiger partial charge in [0.05, 0.1) is 21.9 Å². The number of alkyl halides is 3. The molecule has 0 saturated carbocycles. The number of benzene rings is 2. The van der Waals surface area contributed by atoms with Gasteiger partial charge in [0, 0.05) is 32.7 Å². The van der Waals surface area contributed by atoms with E-state index in [1.807, 2.05) is 4.90 Å². The molecule has 6 nitrogen and oxygen atoms in total. The first kappa shape index (κ1) is 23.5. The van der Waals surface area contributed by atoms with Crippen molar-refractivity contribution in [2.24, 2.45) is 0 Å². The molecule has 0 spiro atoms. The van der Waals surface area contributed by atoms with E-state index in [1.165, 1.54) is 34.6 Å². The normalized spacial score (nSPS) is 16.4.